The Bertz CT molecular complexity index is 610. The minimum atomic E-state index is -3.62. The molecule has 0 spiro atoms. The molecule has 0 fully saturated rings. The van der Waals surface area contributed by atoms with E-state index in [1.54, 1.807) is 19.9 Å². The molecule has 1 aromatic carbocycles. The van der Waals surface area contributed by atoms with Gasteiger partial charge in [0.2, 0.25) is 15.9 Å². The van der Waals surface area contributed by atoms with Gasteiger partial charge in [-0.05, 0) is 18.6 Å². The van der Waals surface area contributed by atoms with Crippen LogP contribution < -0.4 is 14.8 Å². The third-order valence-electron chi connectivity index (χ3n) is 2.72. The maximum absolute atomic E-state index is 12.1. The number of benzene rings is 1. The number of fused-ring (bicyclic) bond motifs is 1. The van der Waals surface area contributed by atoms with Crippen molar-refractivity contribution in [3.63, 3.8) is 0 Å². The highest BCUT2D eigenvalue weighted by atomic mass is 32.2. The number of carbonyl (C=O) groups is 1. The van der Waals surface area contributed by atoms with E-state index in [-0.39, 0.29) is 23.0 Å². The molecule has 0 radical (unpaired) electrons. The summed E-state index contributed by atoms with van der Waals surface area (Å²) in [6.45, 7) is 4.12. The number of ether oxygens (including phenoxy) is 1. The third-order valence-corrected chi connectivity index (χ3v) is 4.29. The van der Waals surface area contributed by atoms with E-state index in [0.717, 1.165) is 0 Å². The summed E-state index contributed by atoms with van der Waals surface area (Å²) in [7, 11) is -3.62. The Hall–Kier alpha value is -1.60. The fourth-order valence-electron chi connectivity index (χ4n) is 1.98. The first kappa shape index (κ1) is 13.8. The second kappa shape index (κ2) is 5.18. The summed E-state index contributed by atoms with van der Waals surface area (Å²) in [5, 5.41) is 2.67. The number of carbonyl (C=O) groups excluding carboxylic acids is 1. The highest BCUT2D eigenvalue weighted by molar-refractivity contribution is 7.89. The van der Waals surface area contributed by atoms with E-state index in [2.05, 4.69) is 10.0 Å². The van der Waals surface area contributed by atoms with Crippen LogP contribution >= 0.6 is 0 Å². The fraction of sp³-hybridized carbons (Fsp3) is 0.417. The molecule has 1 heterocycles. The molecular formula is C12H16N2O4S. The maximum Gasteiger partial charge on any atom is 0.244 e. The summed E-state index contributed by atoms with van der Waals surface area (Å²) in [6.07, 6.45) is 0.191. The molecule has 2 N–H and O–H groups in total. The smallest absolute Gasteiger partial charge is 0.244 e. The van der Waals surface area contributed by atoms with Crippen LogP contribution in [0, 0.1) is 0 Å². The van der Waals surface area contributed by atoms with Crippen molar-refractivity contribution < 1.29 is 17.9 Å². The van der Waals surface area contributed by atoms with Gasteiger partial charge in [-0.25, -0.2) is 13.1 Å². The summed E-state index contributed by atoms with van der Waals surface area (Å²) in [6, 6.07) is 3.06. The Labute approximate surface area is 112 Å². The highest BCUT2D eigenvalue weighted by Gasteiger charge is 2.25. The largest absolute Gasteiger partial charge is 0.492 e. The van der Waals surface area contributed by atoms with E-state index in [1.165, 1.54) is 6.07 Å². The average Bonchev–Trinajstić information content (AvgIpc) is 2.67. The summed E-state index contributed by atoms with van der Waals surface area (Å²) < 4.78 is 32.0. The molecule has 6 nitrogen and oxygen atoms in total. The zero-order valence-electron chi connectivity index (χ0n) is 10.8. The van der Waals surface area contributed by atoms with Gasteiger partial charge < -0.3 is 10.1 Å². The molecule has 7 heteroatoms. The van der Waals surface area contributed by atoms with Crippen LogP contribution in [-0.2, 0) is 21.2 Å². The molecule has 2 rings (SSSR count). The molecule has 0 aliphatic carbocycles. The first-order chi connectivity index (χ1) is 8.97. The first-order valence-electron chi connectivity index (χ1n) is 6.07. The van der Waals surface area contributed by atoms with E-state index in [4.69, 9.17) is 4.74 Å². The Morgan fingerprint density at radius 2 is 2.11 bits per heavy atom. The third kappa shape index (κ3) is 2.71. The Kier molecular flexibility index (Phi) is 3.77. The predicted molar refractivity (Wildman–Crippen MR) is 70.8 cm³/mol. The Balaban J connectivity index is 2.53. The predicted octanol–water partition coefficient (Wildman–Crippen LogP) is 0.878. The van der Waals surface area contributed by atoms with Crippen LogP contribution in [0.3, 0.4) is 0 Å². The number of hydrogen-bond acceptors (Lipinski definition) is 4. The lowest BCUT2D eigenvalue weighted by atomic mass is 10.1. The molecule has 0 atom stereocenters. The quantitative estimate of drug-likeness (QED) is 0.840. The standard InChI is InChI=1S/C12H16N2O4S/c1-3-13-19(16,17)11-5-8-6-12(15)14-9(8)7-10(11)18-4-2/h5,7,13H,3-4,6H2,1-2H3,(H,14,15). The lowest BCUT2D eigenvalue weighted by Crippen LogP contribution is -2.24. The van der Waals surface area contributed by atoms with Crippen LogP contribution in [0.4, 0.5) is 5.69 Å². The van der Waals surface area contributed by atoms with Gasteiger partial charge in [0.05, 0.1) is 13.0 Å². The van der Waals surface area contributed by atoms with Crippen LogP contribution in [-0.4, -0.2) is 27.5 Å². The number of nitrogens with one attached hydrogen (secondary N) is 2. The van der Waals surface area contributed by atoms with E-state index in [0.29, 0.717) is 24.4 Å². The summed E-state index contributed by atoms with van der Waals surface area (Å²) in [4.78, 5) is 11.4. The second-order valence-corrected chi connectivity index (χ2v) is 5.85. The lowest BCUT2D eigenvalue weighted by molar-refractivity contribution is -0.115. The maximum atomic E-state index is 12.1. The molecule has 0 bridgehead atoms. The van der Waals surface area contributed by atoms with Gasteiger partial charge in [0.1, 0.15) is 10.6 Å². The van der Waals surface area contributed by atoms with E-state index in [9.17, 15) is 13.2 Å². The minimum Gasteiger partial charge on any atom is -0.492 e. The summed E-state index contributed by atoms with van der Waals surface area (Å²) in [5.74, 6) is 0.111. The second-order valence-electron chi connectivity index (χ2n) is 4.12. The Morgan fingerprint density at radius 1 is 1.37 bits per heavy atom. The fourth-order valence-corrected chi connectivity index (χ4v) is 3.19. The number of amides is 1. The van der Waals surface area contributed by atoms with E-state index in [1.807, 2.05) is 0 Å². The molecule has 104 valence electrons. The number of hydrogen-bond donors (Lipinski definition) is 2. The van der Waals surface area contributed by atoms with E-state index < -0.39 is 10.0 Å². The van der Waals surface area contributed by atoms with Gasteiger partial charge in [-0.2, -0.15) is 0 Å². The molecule has 1 aliphatic rings. The molecule has 0 saturated carbocycles. The minimum absolute atomic E-state index is 0.0754. The number of rotatable bonds is 5. The van der Waals surface area contributed by atoms with Crippen molar-refractivity contribution in [1.82, 2.24) is 4.72 Å². The molecule has 0 saturated heterocycles. The summed E-state index contributed by atoms with van der Waals surface area (Å²) >= 11 is 0. The van der Waals surface area contributed by atoms with Crippen molar-refractivity contribution in [2.24, 2.45) is 0 Å². The van der Waals surface area contributed by atoms with Crippen molar-refractivity contribution in [3.05, 3.63) is 17.7 Å². The SMILES string of the molecule is CCNS(=O)(=O)c1cc2c(cc1OCC)NC(=O)C2. The topological polar surface area (TPSA) is 84.5 Å². The Morgan fingerprint density at radius 3 is 2.74 bits per heavy atom. The molecule has 1 amide bonds. The highest BCUT2D eigenvalue weighted by Crippen LogP contribution is 2.34. The van der Waals surface area contributed by atoms with Crippen LogP contribution in [0.1, 0.15) is 19.4 Å². The van der Waals surface area contributed by atoms with Crippen molar-refractivity contribution in [3.8, 4) is 5.75 Å². The molecule has 0 unspecified atom stereocenters. The van der Waals surface area contributed by atoms with E-state index >= 15 is 0 Å². The lowest BCUT2D eigenvalue weighted by Gasteiger charge is -2.13. The van der Waals surface area contributed by atoms with Crippen LogP contribution in [0.15, 0.2) is 17.0 Å². The van der Waals surface area contributed by atoms with Gasteiger partial charge in [0.25, 0.3) is 0 Å². The van der Waals surface area contributed by atoms with Gasteiger partial charge in [0, 0.05) is 18.3 Å². The normalized spacial score (nSPS) is 14.1. The molecular weight excluding hydrogens is 268 g/mol. The van der Waals surface area contributed by atoms with Crippen LogP contribution in [0.2, 0.25) is 0 Å². The van der Waals surface area contributed by atoms with Gasteiger partial charge >= 0.3 is 0 Å². The monoisotopic (exact) mass is 284 g/mol. The molecule has 1 aliphatic heterocycles. The van der Waals surface area contributed by atoms with Crippen molar-refractivity contribution >= 4 is 21.6 Å². The van der Waals surface area contributed by atoms with Crippen molar-refractivity contribution in [2.75, 3.05) is 18.5 Å². The average molecular weight is 284 g/mol. The zero-order chi connectivity index (χ0) is 14.0. The van der Waals surface area contributed by atoms with Gasteiger partial charge in [-0.15, -0.1) is 0 Å². The van der Waals surface area contributed by atoms with Crippen molar-refractivity contribution in [1.29, 1.82) is 0 Å². The first-order valence-corrected chi connectivity index (χ1v) is 7.55. The van der Waals surface area contributed by atoms with Crippen molar-refractivity contribution in [2.45, 2.75) is 25.2 Å². The summed E-state index contributed by atoms with van der Waals surface area (Å²) in [5.41, 5.74) is 1.29. The number of anilines is 1. The van der Waals surface area contributed by atoms with Crippen LogP contribution in [0.5, 0.6) is 5.75 Å². The zero-order valence-corrected chi connectivity index (χ0v) is 11.6. The van der Waals surface area contributed by atoms with Gasteiger partial charge in [-0.1, -0.05) is 6.92 Å². The van der Waals surface area contributed by atoms with Gasteiger partial charge in [0.15, 0.2) is 0 Å². The molecule has 1 aromatic rings. The molecule has 19 heavy (non-hydrogen) atoms. The molecule has 0 aromatic heterocycles. The van der Waals surface area contributed by atoms with Gasteiger partial charge in [-0.3, -0.25) is 4.79 Å². The number of sulfonamides is 1. The van der Waals surface area contributed by atoms with Crippen LogP contribution in [0.25, 0.3) is 0 Å².